The third-order valence-corrected chi connectivity index (χ3v) is 12.3. The molecule has 0 saturated heterocycles. The van der Waals surface area contributed by atoms with Crippen LogP contribution in [0.5, 0.6) is 17.4 Å². The van der Waals surface area contributed by atoms with Gasteiger partial charge in [0.05, 0.1) is 34.8 Å². The molecule has 35 heteroatoms. The Morgan fingerprint density at radius 3 is 1.84 bits per heavy atom. The van der Waals surface area contributed by atoms with Crippen molar-refractivity contribution in [2.45, 2.75) is 27.5 Å². The molecule has 69 heavy (non-hydrogen) atoms. The zero-order valence-corrected chi connectivity index (χ0v) is 39.2. The zero-order valence-electron chi connectivity index (χ0n) is 34.3. The van der Waals surface area contributed by atoms with Gasteiger partial charge in [0.2, 0.25) is 5.88 Å². The minimum atomic E-state index is -5.04. The first-order chi connectivity index (χ1) is 32.4. The Kier molecular flexibility index (Phi) is 20.3. The van der Waals surface area contributed by atoms with Crippen molar-refractivity contribution in [3.63, 3.8) is 0 Å². The molecule has 0 radical (unpaired) electrons. The van der Waals surface area contributed by atoms with Gasteiger partial charge in [-0.2, -0.15) is 54.2 Å². The maximum Gasteiger partial charge on any atom is 0.425 e. The SMILES string of the molecule is CSc1nnc(N=Nc2cc(OCCCS(=O)(=O)O)c(N=Nc3ccc4c(S(=O)(=O)O)c(N=Nc5cnn(-c6ccc(S(=O)(=O)O)cc6)c5O)ccc4c3O)cc2C)s1.O=C=O.O=C=O.O=S(=O)=O. The number of benzene rings is 4. The standard InChI is InChI=1S/C32H28N10O12S5.2CO2.O3S/c1-17-14-25(27(54-12-3-13-57(45,46)47)15-24(17)36-39-31-40-41-32(55-2)56-31)37-34-22-10-9-21-20(28(22)43)8-11-23(29(21)59(51,52)53)35-38-26-16-33-42(30(26)44)18-4-6-19(7-5-18)58(48,49)50;2*2-1-3;1-4(2)3/h4-11,14-16,43-44H,3,12-13H2,1-2H3,(H,45,46,47)(H,48,49,50)(H,51,52,53);;;. The summed E-state index contributed by atoms with van der Waals surface area (Å²) < 4.78 is 132. The molecule has 0 saturated carbocycles. The number of phenolic OH excluding ortho intramolecular Hbond substituents is 1. The highest BCUT2D eigenvalue weighted by molar-refractivity contribution is 8.00. The van der Waals surface area contributed by atoms with Gasteiger partial charge in [0, 0.05) is 16.8 Å². The third-order valence-electron chi connectivity index (χ3n) is 7.87. The molecule has 6 aromatic rings. The van der Waals surface area contributed by atoms with E-state index in [2.05, 4.69) is 46.0 Å². The minimum absolute atomic E-state index is 0.0767. The van der Waals surface area contributed by atoms with Crippen LogP contribution in [0.4, 0.5) is 33.6 Å². The lowest BCUT2D eigenvalue weighted by Crippen LogP contribution is -2.08. The van der Waals surface area contributed by atoms with Crippen molar-refractivity contribution in [1.29, 1.82) is 0 Å². The van der Waals surface area contributed by atoms with Crippen LogP contribution in [0.15, 0.2) is 112 Å². The molecular weight excluding hydrogens is 1040 g/mol. The molecule has 0 aliphatic heterocycles. The van der Waals surface area contributed by atoms with Gasteiger partial charge in [-0.15, -0.1) is 53.5 Å². The second-order valence-electron chi connectivity index (χ2n) is 12.3. The number of nitrogens with zero attached hydrogens (tertiary/aromatic N) is 10. The van der Waals surface area contributed by atoms with E-state index in [4.69, 9.17) is 41.1 Å². The summed E-state index contributed by atoms with van der Waals surface area (Å²) in [4.78, 5) is 31.4. The number of fused-ring (bicyclic) bond motifs is 1. The summed E-state index contributed by atoms with van der Waals surface area (Å²) in [5.41, 5.74) is 0.397. The Bertz CT molecular complexity index is 3440. The van der Waals surface area contributed by atoms with E-state index < -0.39 is 73.8 Å². The number of phenols is 1. The predicted molar refractivity (Wildman–Crippen MR) is 232 cm³/mol. The number of hydrogen-bond acceptors (Lipinski definition) is 27. The number of ether oxygens (including phenoxy) is 1. The number of thioether (sulfide) groups is 1. The highest BCUT2D eigenvalue weighted by Crippen LogP contribution is 2.43. The first-order valence-electron chi connectivity index (χ1n) is 17.6. The molecule has 0 amide bonds. The van der Waals surface area contributed by atoms with Gasteiger partial charge in [-0.25, -0.2) is 0 Å². The topological polar surface area (TPSA) is 450 Å². The highest BCUT2D eigenvalue weighted by atomic mass is 32.2. The molecule has 2 heterocycles. The molecule has 6 rings (SSSR count). The third kappa shape index (κ3) is 16.7. The Hall–Kier alpha value is -7.43. The molecule has 29 nitrogen and oxygen atoms in total. The van der Waals surface area contributed by atoms with Crippen molar-refractivity contribution in [3.05, 3.63) is 72.4 Å². The fraction of sp³-hybridized carbons (Fsp3) is 0.147. The van der Waals surface area contributed by atoms with Crippen LogP contribution in [0.2, 0.25) is 0 Å². The summed E-state index contributed by atoms with van der Waals surface area (Å²) in [5, 5.41) is 58.2. The Labute approximate surface area is 396 Å². The first kappa shape index (κ1) is 55.9. The Morgan fingerprint density at radius 2 is 1.28 bits per heavy atom. The van der Waals surface area contributed by atoms with Crippen molar-refractivity contribution in [1.82, 2.24) is 20.0 Å². The van der Waals surface area contributed by atoms with Crippen LogP contribution in [0.1, 0.15) is 12.0 Å². The fourth-order valence-electron chi connectivity index (χ4n) is 5.15. The van der Waals surface area contributed by atoms with Gasteiger partial charge in [0.1, 0.15) is 27.7 Å². The van der Waals surface area contributed by atoms with Crippen LogP contribution in [-0.2, 0) is 60.1 Å². The number of aromatic nitrogens is 4. The second kappa shape index (κ2) is 25.1. The number of hydrogen-bond donors (Lipinski definition) is 5. The quantitative estimate of drug-likeness (QED) is 0.0364. The lowest BCUT2D eigenvalue weighted by atomic mass is 10.1. The molecule has 0 unspecified atom stereocenters. The molecule has 2 aromatic heterocycles. The van der Waals surface area contributed by atoms with Crippen molar-refractivity contribution in [2.24, 2.45) is 30.7 Å². The van der Waals surface area contributed by atoms with E-state index in [1.807, 2.05) is 6.26 Å². The molecule has 0 spiro atoms. The molecule has 0 aliphatic carbocycles. The monoisotopic (exact) mass is 1070 g/mol. The van der Waals surface area contributed by atoms with Gasteiger partial charge in [-0.3, -0.25) is 13.7 Å². The molecule has 364 valence electrons. The van der Waals surface area contributed by atoms with Crippen molar-refractivity contribution in [3.8, 4) is 23.1 Å². The predicted octanol–water partition coefficient (Wildman–Crippen LogP) is 5.54. The van der Waals surface area contributed by atoms with E-state index in [0.717, 1.165) is 29.1 Å². The van der Waals surface area contributed by atoms with Crippen LogP contribution in [0.25, 0.3) is 16.5 Å². The van der Waals surface area contributed by atoms with E-state index in [-0.39, 0.29) is 64.6 Å². The van der Waals surface area contributed by atoms with E-state index in [1.165, 1.54) is 65.6 Å². The van der Waals surface area contributed by atoms with Gasteiger partial charge < -0.3 is 14.9 Å². The molecule has 0 fully saturated rings. The minimum Gasteiger partial charge on any atom is -0.505 e. The molecule has 0 bridgehead atoms. The van der Waals surface area contributed by atoms with E-state index in [1.54, 1.807) is 6.92 Å². The average Bonchev–Trinajstić information content (AvgIpc) is 3.89. The maximum absolute atomic E-state index is 12.7. The largest absolute Gasteiger partial charge is 0.505 e. The maximum atomic E-state index is 12.7. The summed E-state index contributed by atoms with van der Waals surface area (Å²) in [7, 11) is -16.9. The normalized spacial score (nSPS) is 11.5. The van der Waals surface area contributed by atoms with Crippen LogP contribution in [0.3, 0.4) is 0 Å². The van der Waals surface area contributed by atoms with Crippen LogP contribution in [-0.4, -0.2) is 113 Å². The number of aromatic hydroxyl groups is 2. The van der Waals surface area contributed by atoms with Gasteiger partial charge in [-0.05, 0) is 73.7 Å². The summed E-state index contributed by atoms with van der Waals surface area (Å²) in [5.74, 6) is -1.60. The number of azo groups is 3. The number of aryl methyl sites for hydroxylation is 1. The number of carbonyl (C=O) groups excluding carboxylic acids is 4. The molecule has 5 N–H and O–H groups in total. The van der Waals surface area contributed by atoms with Gasteiger partial charge in [-0.1, -0.05) is 29.2 Å². The van der Waals surface area contributed by atoms with E-state index >= 15 is 0 Å². The molecule has 0 aliphatic rings. The lowest BCUT2D eigenvalue weighted by molar-refractivity contribution is -0.193. The summed E-state index contributed by atoms with van der Waals surface area (Å²) >= 11 is 2.61. The first-order valence-corrected chi connectivity index (χ1v) is 25.1. The molecular formula is C34H28N10O19S6. The second-order valence-corrected chi connectivity index (χ2v) is 19.0. The fourth-order valence-corrected chi connectivity index (χ4v) is 8.02. The van der Waals surface area contributed by atoms with Crippen LogP contribution in [0, 0.1) is 6.92 Å². The summed E-state index contributed by atoms with van der Waals surface area (Å²) in [6.07, 6.45) is 3.33. The Morgan fingerprint density at radius 1 is 0.725 bits per heavy atom. The van der Waals surface area contributed by atoms with Gasteiger partial charge >= 0.3 is 22.9 Å². The van der Waals surface area contributed by atoms with Crippen molar-refractivity contribution in [2.75, 3.05) is 18.6 Å². The summed E-state index contributed by atoms with van der Waals surface area (Å²) in [6.45, 7) is 1.54. The van der Waals surface area contributed by atoms with Crippen molar-refractivity contribution < 1.29 is 85.7 Å². The van der Waals surface area contributed by atoms with Crippen LogP contribution < -0.4 is 4.74 Å². The lowest BCUT2D eigenvalue weighted by Gasteiger charge is -2.11. The Balaban J connectivity index is 0.00000115. The number of rotatable bonds is 15. The summed E-state index contributed by atoms with van der Waals surface area (Å²) in [6, 6.07) is 12.5. The van der Waals surface area contributed by atoms with Crippen LogP contribution >= 0.6 is 23.1 Å². The van der Waals surface area contributed by atoms with E-state index in [9.17, 15) is 44.6 Å². The molecule has 0 atom stereocenters. The van der Waals surface area contributed by atoms with E-state index in [0.29, 0.717) is 20.7 Å². The van der Waals surface area contributed by atoms with Gasteiger partial charge in [0.15, 0.2) is 15.8 Å². The molecule has 4 aromatic carbocycles. The van der Waals surface area contributed by atoms with Gasteiger partial charge in [0.25, 0.3) is 35.5 Å². The average molecular weight is 1070 g/mol. The zero-order chi connectivity index (χ0) is 51.7. The highest BCUT2D eigenvalue weighted by Gasteiger charge is 2.23. The van der Waals surface area contributed by atoms with Crippen molar-refractivity contribution >= 4 is 121 Å². The smallest absolute Gasteiger partial charge is 0.425 e.